The van der Waals surface area contributed by atoms with Crippen molar-refractivity contribution in [1.82, 2.24) is 10.4 Å². The summed E-state index contributed by atoms with van der Waals surface area (Å²) >= 11 is 0. The number of ether oxygens (including phenoxy) is 2. The summed E-state index contributed by atoms with van der Waals surface area (Å²) in [6, 6.07) is 8.91. The van der Waals surface area contributed by atoms with Gasteiger partial charge in [-0.15, -0.1) is 0 Å². The van der Waals surface area contributed by atoms with Crippen molar-refractivity contribution in [2.45, 2.75) is 0 Å². The third kappa shape index (κ3) is 2.94. The van der Waals surface area contributed by atoms with Gasteiger partial charge in [-0.1, -0.05) is 18.2 Å². The van der Waals surface area contributed by atoms with Crippen molar-refractivity contribution in [1.29, 1.82) is 0 Å². The number of rotatable bonds is 3. The Hall–Kier alpha value is -2.08. The van der Waals surface area contributed by atoms with Crippen LogP contribution in [0.3, 0.4) is 0 Å². The topological polar surface area (TPSA) is 67.9 Å². The number of nitrogens with zero attached hydrogens (tertiary/aromatic N) is 1. The van der Waals surface area contributed by atoms with Gasteiger partial charge in [-0.2, -0.15) is 5.01 Å². The van der Waals surface area contributed by atoms with Crippen molar-refractivity contribution in [2.24, 2.45) is 0 Å². The molecule has 1 aliphatic heterocycles. The van der Waals surface area contributed by atoms with E-state index in [1.165, 1.54) is 0 Å². The van der Waals surface area contributed by atoms with E-state index in [1.807, 2.05) is 6.07 Å². The van der Waals surface area contributed by atoms with Crippen LogP contribution in [0.1, 0.15) is 0 Å². The Morgan fingerprint density at radius 1 is 1.41 bits per heavy atom. The Morgan fingerprint density at radius 3 is 2.88 bits per heavy atom. The molecule has 0 unspecified atom stereocenters. The SMILES string of the molecule is O=C(COc1ccccc1)N1NCCOC1=O. The molecule has 6 heteroatoms. The Morgan fingerprint density at radius 2 is 2.18 bits per heavy atom. The van der Waals surface area contributed by atoms with Crippen LogP contribution in [0.4, 0.5) is 4.79 Å². The van der Waals surface area contributed by atoms with E-state index in [9.17, 15) is 9.59 Å². The molecule has 1 N–H and O–H groups in total. The van der Waals surface area contributed by atoms with Crippen LogP contribution in [0.5, 0.6) is 5.75 Å². The van der Waals surface area contributed by atoms with E-state index in [1.54, 1.807) is 24.3 Å². The zero-order valence-corrected chi connectivity index (χ0v) is 9.09. The molecule has 2 rings (SSSR count). The minimum atomic E-state index is -0.696. The van der Waals surface area contributed by atoms with Crippen molar-refractivity contribution in [2.75, 3.05) is 19.8 Å². The lowest BCUT2D eigenvalue weighted by atomic mass is 10.3. The quantitative estimate of drug-likeness (QED) is 0.830. The van der Waals surface area contributed by atoms with Crippen molar-refractivity contribution in [3.8, 4) is 5.75 Å². The molecule has 0 aromatic heterocycles. The number of hydrazine groups is 1. The summed E-state index contributed by atoms with van der Waals surface area (Å²) in [4.78, 5) is 22.8. The maximum atomic E-state index is 11.6. The molecule has 0 atom stereocenters. The highest BCUT2D eigenvalue weighted by Gasteiger charge is 2.26. The summed E-state index contributed by atoms with van der Waals surface area (Å²) in [5.74, 6) is 0.0878. The number of hydrogen-bond acceptors (Lipinski definition) is 5. The van der Waals surface area contributed by atoms with Crippen LogP contribution in [0.25, 0.3) is 0 Å². The average molecular weight is 236 g/mol. The van der Waals surface area contributed by atoms with Crippen molar-refractivity contribution in [3.05, 3.63) is 30.3 Å². The molecule has 1 aromatic rings. The third-order valence-electron chi connectivity index (χ3n) is 2.14. The second kappa shape index (κ2) is 5.31. The highest BCUT2D eigenvalue weighted by atomic mass is 16.6. The predicted octanol–water partition coefficient (Wildman–Crippen LogP) is 0.549. The molecule has 1 fully saturated rings. The van der Waals surface area contributed by atoms with E-state index in [0.717, 1.165) is 5.01 Å². The van der Waals surface area contributed by atoms with E-state index in [4.69, 9.17) is 9.47 Å². The van der Waals surface area contributed by atoms with Gasteiger partial charge in [-0.3, -0.25) is 4.79 Å². The van der Waals surface area contributed by atoms with Gasteiger partial charge in [0.15, 0.2) is 6.61 Å². The zero-order valence-electron chi connectivity index (χ0n) is 9.09. The van der Waals surface area contributed by atoms with Gasteiger partial charge in [0.25, 0.3) is 5.91 Å². The smallest absolute Gasteiger partial charge is 0.431 e. The van der Waals surface area contributed by atoms with Gasteiger partial charge in [0.05, 0.1) is 6.54 Å². The lowest BCUT2D eigenvalue weighted by Crippen LogP contribution is -2.54. The van der Waals surface area contributed by atoms with Crippen LogP contribution in [-0.4, -0.2) is 36.8 Å². The first-order valence-corrected chi connectivity index (χ1v) is 5.18. The summed E-state index contributed by atoms with van der Waals surface area (Å²) in [7, 11) is 0. The molecule has 1 saturated heterocycles. The highest BCUT2D eigenvalue weighted by Crippen LogP contribution is 2.08. The van der Waals surface area contributed by atoms with Crippen LogP contribution in [0, 0.1) is 0 Å². The van der Waals surface area contributed by atoms with Gasteiger partial charge in [0.1, 0.15) is 12.4 Å². The van der Waals surface area contributed by atoms with Gasteiger partial charge < -0.3 is 9.47 Å². The third-order valence-corrected chi connectivity index (χ3v) is 2.14. The van der Waals surface area contributed by atoms with Crippen molar-refractivity contribution < 1.29 is 19.1 Å². The number of cyclic esters (lactones) is 1. The molecule has 2 amide bonds. The molecule has 1 aromatic carbocycles. The fourth-order valence-corrected chi connectivity index (χ4v) is 1.34. The molecule has 0 spiro atoms. The van der Waals surface area contributed by atoms with E-state index in [-0.39, 0.29) is 13.2 Å². The summed E-state index contributed by atoms with van der Waals surface area (Å²) in [5.41, 5.74) is 2.63. The van der Waals surface area contributed by atoms with Gasteiger partial charge in [0.2, 0.25) is 0 Å². The first kappa shape index (κ1) is 11.4. The van der Waals surface area contributed by atoms with E-state index < -0.39 is 12.0 Å². The Bertz CT molecular complexity index is 407. The molecule has 1 aliphatic rings. The Kier molecular flexibility index (Phi) is 3.56. The molecule has 0 radical (unpaired) electrons. The van der Waals surface area contributed by atoms with E-state index in [2.05, 4.69) is 5.43 Å². The second-order valence-corrected chi connectivity index (χ2v) is 3.35. The summed E-state index contributed by atoms with van der Waals surface area (Å²) in [6.07, 6.45) is -0.696. The molecule has 17 heavy (non-hydrogen) atoms. The van der Waals surface area contributed by atoms with Gasteiger partial charge in [-0.25, -0.2) is 10.2 Å². The lowest BCUT2D eigenvalue weighted by Gasteiger charge is -2.25. The molecular weight excluding hydrogens is 224 g/mol. The molecule has 0 aliphatic carbocycles. The Labute approximate surface area is 98.1 Å². The summed E-state index contributed by atoms with van der Waals surface area (Å²) in [5, 5.41) is 0.826. The van der Waals surface area contributed by atoms with Gasteiger partial charge in [-0.05, 0) is 12.1 Å². The molecule has 0 saturated carbocycles. The van der Waals surface area contributed by atoms with Crippen molar-refractivity contribution >= 4 is 12.0 Å². The van der Waals surface area contributed by atoms with E-state index in [0.29, 0.717) is 12.3 Å². The van der Waals surface area contributed by atoms with Gasteiger partial charge >= 0.3 is 6.09 Å². The standard InChI is InChI=1S/C11H12N2O4/c14-10(13-11(15)16-7-6-12-13)8-17-9-4-2-1-3-5-9/h1-5,12H,6-8H2. The number of carbonyl (C=O) groups is 2. The maximum Gasteiger partial charge on any atom is 0.431 e. The summed E-state index contributed by atoms with van der Waals surface area (Å²) < 4.78 is 9.94. The molecular formula is C11H12N2O4. The van der Waals surface area contributed by atoms with Gasteiger partial charge in [0, 0.05) is 0 Å². The Balaban J connectivity index is 1.87. The largest absolute Gasteiger partial charge is 0.484 e. The number of benzene rings is 1. The maximum absolute atomic E-state index is 11.6. The van der Waals surface area contributed by atoms with Crippen LogP contribution < -0.4 is 10.2 Å². The van der Waals surface area contributed by atoms with Crippen LogP contribution in [0.2, 0.25) is 0 Å². The normalized spacial score (nSPS) is 15.3. The zero-order chi connectivity index (χ0) is 12.1. The molecule has 0 bridgehead atoms. The first-order valence-electron chi connectivity index (χ1n) is 5.18. The fourth-order valence-electron chi connectivity index (χ4n) is 1.34. The monoisotopic (exact) mass is 236 g/mol. The second-order valence-electron chi connectivity index (χ2n) is 3.35. The number of imide groups is 1. The number of carbonyl (C=O) groups excluding carboxylic acids is 2. The van der Waals surface area contributed by atoms with Crippen molar-refractivity contribution in [3.63, 3.8) is 0 Å². The van der Waals surface area contributed by atoms with E-state index >= 15 is 0 Å². The number of amides is 2. The average Bonchev–Trinajstić information content (AvgIpc) is 2.38. The predicted molar refractivity (Wildman–Crippen MR) is 58.1 cm³/mol. The van der Waals surface area contributed by atoms with Crippen LogP contribution >= 0.6 is 0 Å². The minimum Gasteiger partial charge on any atom is -0.484 e. The fraction of sp³-hybridized carbons (Fsp3) is 0.273. The molecule has 6 nitrogen and oxygen atoms in total. The lowest BCUT2D eigenvalue weighted by molar-refractivity contribution is -0.136. The summed E-state index contributed by atoms with van der Waals surface area (Å²) in [6.45, 7) is 0.469. The number of hydrogen-bond donors (Lipinski definition) is 1. The van der Waals surface area contributed by atoms with Crippen LogP contribution in [-0.2, 0) is 9.53 Å². The molecule has 90 valence electrons. The van der Waals surface area contributed by atoms with Crippen LogP contribution in [0.15, 0.2) is 30.3 Å². The number of para-hydroxylation sites is 1. The molecule has 1 heterocycles. The first-order chi connectivity index (χ1) is 8.27. The highest BCUT2D eigenvalue weighted by molar-refractivity contribution is 5.92. The number of nitrogens with one attached hydrogen (secondary N) is 1. The minimum absolute atomic E-state index is 0.216.